The van der Waals surface area contributed by atoms with Crippen molar-refractivity contribution in [2.24, 2.45) is 0 Å². The van der Waals surface area contributed by atoms with Gasteiger partial charge >= 0.3 is 12.1 Å². The molecule has 0 bridgehead atoms. The molecule has 0 radical (unpaired) electrons. The van der Waals surface area contributed by atoms with Crippen molar-refractivity contribution in [1.82, 2.24) is 25.2 Å². The maximum atomic E-state index is 12.3. The molecule has 0 spiro atoms. The number of nitrogens with zero attached hydrogens (tertiary/aromatic N) is 4. The summed E-state index contributed by atoms with van der Waals surface area (Å²) in [6.45, 7) is 4.34. The van der Waals surface area contributed by atoms with E-state index in [9.17, 15) is 9.59 Å². The summed E-state index contributed by atoms with van der Waals surface area (Å²) in [5, 5.41) is 11.4. The van der Waals surface area contributed by atoms with Crippen LogP contribution >= 0.6 is 0 Å². The van der Waals surface area contributed by atoms with Crippen LogP contribution in [-0.2, 0) is 34.0 Å². The zero-order valence-electron chi connectivity index (χ0n) is 15.9. The van der Waals surface area contributed by atoms with Crippen LogP contribution in [0.2, 0.25) is 0 Å². The van der Waals surface area contributed by atoms with Gasteiger partial charge in [-0.15, -0.1) is 5.10 Å². The summed E-state index contributed by atoms with van der Waals surface area (Å²) >= 11 is 0. The summed E-state index contributed by atoms with van der Waals surface area (Å²) in [4.78, 5) is 24.9. The molecule has 150 valence electrons. The van der Waals surface area contributed by atoms with E-state index in [2.05, 4.69) is 15.6 Å². The number of piperazine rings is 1. The molecule has 1 aromatic heterocycles. The Morgan fingerprint density at radius 2 is 2.04 bits per heavy atom. The average Bonchev–Trinajstić information content (AvgIpc) is 3.18. The fourth-order valence-electron chi connectivity index (χ4n) is 2.97. The predicted molar refractivity (Wildman–Crippen MR) is 100 cm³/mol. The lowest BCUT2D eigenvalue weighted by atomic mass is 10.1. The Labute approximate surface area is 163 Å². The van der Waals surface area contributed by atoms with Crippen LogP contribution < -0.4 is 5.32 Å². The Morgan fingerprint density at radius 1 is 1.21 bits per heavy atom. The van der Waals surface area contributed by atoms with Crippen LogP contribution in [0.15, 0.2) is 36.5 Å². The van der Waals surface area contributed by atoms with E-state index in [1.54, 1.807) is 15.8 Å². The minimum absolute atomic E-state index is 0.123. The number of aryl methyl sites for hydroxylation is 1. The van der Waals surface area contributed by atoms with Crippen LogP contribution in [-0.4, -0.2) is 57.6 Å². The standard InChI is InChI=1S/C19H25N5O4/c1-15(25)27-14-18-12-24(22-21-18)9-7-17-11-23(10-8-20-17)19(26)28-13-16-5-3-2-4-6-16/h2-6,12,17,20H,7-11,13-14H2,1H3/t17-/m1/s1. The van der Waals surface area contributed by atoms with Crippen molar-refractivity contribution >= 4 is 12.1 Å². The molecule has 1 aromatic carbocycles. The lowest BCUT2D eigenvalue weighted by molar-refractivity contribution is -0.142. The second kappa shape index (κ2) is 9.84. The first-order chi connectivity index (χ1) is 13.6. The van der Waals surface area contributed by atoms with Gasteiger partial charge < -0.3 is 19.7 Å². The molecular weight excluding hydrogens is 362 g/mol. The van der Waals surface area contributed by atoms with Gasteiger partial charge in [0.05, 0.1) is 6.20 Å². The van der Waals surface area contributed by atoms with Crippen molar-refractivity contribution in [3.63, 3.8) is 0 Å². The van der Waals surface area contributed by atoms with Crippen molar-refractivity contribution in [1.29, 1.82) is 0 Å². The van der Waals surface area contributed by atoms with Gasteiger partial charge in [0.2, 0.25) is 0 Å². The molecule has 3 rings (SSSR count). The van der Waals surface area contributed by atoms with E-state index in [1.807, 2.05) is 30.3 Å². The first kappa shape index (κ1) is 19.8. The zero-order chi connectivity index (χ0) is 19.8. The summed E-state index contributed by atoms with van der Waals surface area (Å²) in [7, 11) is 0. The van der Waals surface area contributed by atoms with Gasteiger partial charge in [0.15, 0.2) is 0 Å². The number of carbonyl (C=O) groups is 2. The normalized spacial score (nSPS) is 16.6. The van der Waals surface area contributed by atoms with Crippen LogP contribution in [0.25, 0.3) is 0 Å². The number of nitrogens with one attached hydrogen (secondary N) is 1. The Balaban J connectivity index is 1.42. The summed E-state index contributed by atoms with van der Waals surface area (Å²) in [6, 6.07) is 9.79. The molecule has 9 heteroatoms. The van der Waals surface area contributed by atoms with Crippen LogP contribution in [0.3, 0.4) is 0 Å². The Kier molecular flexibility index (Phi) is 6.96. The molecule has 1 fully saturated rings. The van der Waals surface area contributed by atoms with Gasteiger partial charge in [-0.25, -0.2) is 4.79 Å². The lowest BCUT2D eigenvalue weighted by Crippen LogP contribution is -2.52. The smallest absolute Gasteiger partial charge is 0.410 e. The number of esters is 1. The molecule has 1 saturated heterocycles. The van der Waals surface area contributed by atoms with E-state index in [0.717, 1.165) is 18.5 Å². The van der Waals surface area contributed by atoms with Gasteiger partial charge in [-0.1, -0.05) is 35.5 Å². The maximum absolute atomic E-state index is 12.3. The van der Waals surface area contributed by atoms with Crippen molar-refractivity contribution in [3.8, 4) is 0 Å². The van der Waals surface area contributed by atoms with Crippen LogP contribution in [0.5, 0.6) is 0 Å². The topological polar surface area (TPSA) is 98.6 Å². The quantitative estimate of drug-likeness (QED) is 0.716. The van der Waals surface area contributed by atoms with Gasteiger partial charge in [-0.05, 0) is 12.0 Å². The Hall–Kier alpha value is -2.94. The van der Waals surface area contributed by atoms with Crippen molar-refractivity contribution < 1.29 is 19.1 Å². The zero-order valence-corrected chi connectivity index (χ0v) is 15.9. The number of hydrogen-bond donors (Lipinski definition) is 1. The number of rotatable bonds is 7. The highest BCUT2D eigenvalue weighted by Gasteiger charge is 2.24. The Morgan fingerprint density at radius 3 is 2.82 bits per heavy atom. The van der Waals surface area contributed by atoms with Crippen molar-refractivity contribution in [2.75, 3.05) is 19.6 Å². The highest BCUT2D eigenvalue weighted by Crippen LogP contribution is 2.09. The number of carbonyl (C=O) groups excluding carboxylic acids is 2. The minimum atomic E-state index is -0.347. The number of hydrogen-bond acceptors (Lipinski definition) is 7. The van der Waals surface area contributed by atoms with Crippen LogP contribution in [0, 0.1) is 0 Å². The molecule has 1 aliphatic rings. The van der Waals surface area contributed by atoms with E-state index >= 15 is 0 Å². The molecule has 9 nitrogen and oxygen atoms in total. The van der Waals surface area contributed by atoms with E-state index < -0.39 is 0 Å². The minimum Gasteiger partial charge on any atom is -0.459 e. The SMILES string of the molecule is CC(=O)OCc1cn(CC[C@@H]2CN(C(=O)OCc3ccccc3)CCN2)nn1. The molecule has 2 heterocycles. The molecule has 2 aromatic rings. The average molecular weight is 387 g/mol. The summed E-state index contributed by atoms with van der Waals surface area (Å²) < 4.78 is 12.0. The number of benzene rings is 1. The molecule has 1 amide bonds. The van der Waals surface area contributed by atoms with Crippen LogP contribution in [0.1, 0.15) is 24.6 Å². The van der Waals surface area contributed by atoms with Gasteiger partial charge in [0.1, 0.15) is 18.9 Å². The second-order valence-electron chi connectivity index (χ2n) is 6.68. The summed E-state index contributed by atoms with van der Waals surface area (Å²) in [5.41, 5.74) is 1.58. The maximum Gasteiger partial charge on any atom is 0.410 e. The Bertz CT molecular complexity index is 780. The van der Waals surface area contributed by atoms with Crippen molar-refractivity contribution in [3.05, 3.63) is 47.8 Å². The van der Waals surface area contributed by atoms with E-state index in [0.29, 0.717) is 25.3 Å². The number of amides is 1. The highest BCUT2D eigenvalue weighted by atomic mass is 16.6. The fourth-order valence-corrected chi connectivity index (χ4v) is 2.97. The van der Waals surface area contributed by atoms with E-state index in [4.69, 9.17) is 9.47 Å². The first-order valence-electron chi connectivity index (χ1n) is 9.31. The highest BCUT2D eigenvalue weighted by molar-refractivity contribution is 5.67. The van der Waals surface area contributed by atoms with Gasteiger partial charge in [-0.2, -0.15) is 0 Å². The molecule has 0 unspecified atom stereocenters. The lowest BCUT2D eigenvalue weighted by Gasteiger charge is -2.33. The number of ether oxygens (including phenoxy) is 2. The third kappa shape index (κ3) is 6.05. The molecule has 0 aliphatic carbocycles. The predicted octanol–water partition coefficient (Wildman–Crippen LogP) is 1.34. The van der Waals surface area contributed by atoms with Gasteiger partial charge in [0, 0.05) is 39.1 Å². The fraction of sp³-hybridized carbons (Fsp3) is 0.474. The summed E-state index contributed by atoms with van der Waals surface area (Å²) in [5.74, 6) is -0.347. The third-order valence-electron chi connectivity index (χ3n) is 4.43. The van der Waals surface area contributed by atoms with Crippen molar-refractivity contribution in [2.45, 2.75) is 39.1 Å². The third-order valence-corrected chi connectivity index (χ3v) is 4.43. The molecule has 1 atom stereocenters. The van der Waals surface area contributed by atoms with Crippen LogP contribution in [0.4, 0.5) is 4.79 Å². The largest absolute Gasteiger partial charge is 0.459 e. The molecule has 28 heavy (non-hydrogen) atoms. The van der Waals surface area contributed by atoms with E-state index in [-0.39, 0.29) is 31.3 Å². The second-order valence-corrected chi connectivity index (χ2v) is 6.68. The van der Waals surface area contributed by atoms with Gasteiger partial charge in [0.25, 0.3) is 0 Å². The molecule has 1 aliphatic heterocycles. The van der Waals surface area contributed by atoms with Gasteiger partial charge in [-0.3, -0.25) is 9.48 Å². The summed E-state index contributed by atoms with van der Waals surface area (Å²) in [6.07, 6.45) is 2.26. The molecular formula is C19H25N5O4. The monoisotopic (exact) mass is 387 g/mol. The number of aromatic nitrogens is 3. The molecule has 1 N–H and O–H groups in total. The molecule has 0 saturated carbocycles. The first-order valence-corrected chi connectivity index (χ1v) is 9.31. The van der Waals surface area contributed by atoms with E-state index in [1.165, 1.54) is 6.92 Å².